The van der Waals surface area contributed by atoms with Crippen LogP contribution in [0.25, 0.3) is 0 Å². The quantitative estimate of drug-likeness (QED) is 0.899. The number of aryl methyl sites for hydroxylation is 2. The Bertz CT molecular complexity index is 511. The number of hydrogen-bond acceptors (Lipinski definition) is 3. The molecule has 0 atom stereocenters. The minimum Gasteiger partial charge on any atom is -0.380 e. The zero-order chi connectivity index (χ0) is 13.1. The van der Waals surface area contributed by atoms with E-state index in [2.05, 4.69) is 35.4 Å². The van der Waals surface area contributed by atoms with Crippen LogP contribution in [0.4, 0.5) is 5.69 Å². The van der Waals surface area contributed by atoms with Gasteiger partial charge in [-0.25, -0.2) is 0 Å². The minimum absolute atomic E-state index is 0.444. The zero-order valence-corrected chi connectivity index (χ0v) is 11.4. The number of rotatable bonds is 4. The lowest BCUT2D eigenvalue weighted by Crippen LogP contribution is -2.03. The van der Waals surface area contributed by atoms with Gasteiger partial charge >= 0.3 is 0 Å². The maximum absolute atomic E-state index is 4.50. The van der Waals surface area contributed by atoms with Crippen LogP contribution in [-0.4, -0.2) is 14.8 Å². The van der Waals surface area contributed by atoms with Gasteiger partial charge in [-0.15, -0.1) is 0 Å². The Hall–Kier alpha value is -1.84. The summed E-state index contributed by atoms with van der Waals surface area (Å²) in [5, 5.41) is 7.88. The topological polar surface area (TPSA) is 42.7 Å². The van der Waals surface area contributed by atoms with Crippen molar-refractivity contribution in [1.82, 2.24) is 14.8 Å². The van der Waals surface area contributed by atoms with Crippen molar-refractivity contribution in [1.29, 1.82) is 0 Å². The smallest absolute Gasteiger partial charge is 0.0699 e. The molecule has 0 saturated heterocycles. The van der Waals surface area contributed by atoms with Crippen LogP contribution < -0.4 is 5.32 Å². The molecule has 0 bridgehead atoms. The van der Waals surface area contributed by atoms with E-state index < -0.39 is 0 Å². The second-order valence-corrected chi connectivity index (χ2v) is 4.91. The molecule has 2 rings (SSSR count). The monoisotopic (exact) mass is 244 g/mol. The summed E-state index contributed by atoms with van der Waals surface area (Å²) in [5.74, 6) is 0.444. The van der Waals surface area contributed by atoms with Crippen LogP contribution in [0.5, 0.6) is 0 Å². The molecule has 0 aliphatic rings. The fraction of sp³-hybridized carbons (Fsp3) is 0.429. The fourth-order valence-corrected chi connectivity index (χ4v) is 1.95. The van der Waals surface area contributed by atoms with Crippen molar-refractivity contribution in [2.45, 2.75) is 33.2 Å². The predicted molar refractivity (Wildman–Crippen MR) is 73.6 cm³/mol. The van der Waals surface area contributed by atoms with Crippen molar-refractivity contribution in [2.75, 3.05) is 5.32 Å². The molecule has 18 heavy (non-hydrogen) atoms. The molecule has 0 spiro atoms. The van der Waals surface area contributed by atoms with E-state index in [1.807, 2.05) is 37.0 Å². The highest BCUT2D eigenvalue weighted by molar-refractivity contribution is 5.42. The van der Waals surface area contributed by atoms with Gasteiger partial charge in [0.15, 0.2) is 0 Å². The Kier molecular flexibility index (Phi) is 3.65. The SMILES string of the molecule is Cc1ccc(NCc2cn(C)nc2C(C)C)cn1. The van der Waals surface area contributed by atoms with Gasteiger partial charge in [0.2, 0.25) is 0 Å². The van der Waals surface area contributed by atoms with Gasteiger partial charge in [0.25, 0.3) is 0 Å². The molecular weight excluding hydrogens is 224 g/mol. The maximum atomic E-state index is 4.50. The van der Waals surface area contributed by atoms with Crippen LogP contribution in [0.1, 0.15) is 36.7 Å². The summed E-state index contributed by atoms with van der Waals surface area (Å²) in [6.45, 7) is 7.10. The summed E-state index contributed by atoms with van der Waals surface area (Å²) in [6.07, 6.45) is 3.94. The van der Waals surface area contributed by atoms with Crippen molar-refractivity contribution >= 4 is 5.69 Å². The van der Waals surface area contributed by atoms with E-state index in [1.54, 1.807) is 0 Å². The summed E-state index contributed by atoms with van der Waals surface area (Å²) < 4.78 is 1.87. The molecule has 4 heteroatoms. The summed E-state index contributed by atoms with van der Waals surface area (Å²) in [4.78, 5) is 4.27. The van der Waals surface area contributed by atoms with Crippen molar-refractivity contribution < 1.29 is 0 Å². The van der Waals surface area contributed by atoms with Crippen LogP contribution >= 0.6 is 0 Å². The van der Waals surface area contributed by atoms with Gasteiger partial charge in [-0.1, -0.05) is 13.8 Å². The average Bonchev–Trinajstić information content (AvgIpc) is 2.70. The van der Waals surface area contributed by atoms with E-state index in [0.717, 1.165) is 23.6 Å². The van der Waals surface area contributed by atoms with Crippen LogP contribution in [0.3, 0.4) is 0 Å². The molecular formula is C14H20N4. The highest BCUT2D eigenvalue weighted by atomic mass is 15.3. The molecule has 96 valence electrons. The third-order valence-corrected chi connectivity index (χ3v) is 2.88. The second kappa shape index (κ2) is 5.21. The highest BCUT2D eigenvalue weighted by Gasteiger charge is 2.10. The Morgan fingerprint density at radius 1 is 1.33 bits per heavy atom. The van der Waals surface area contributed by atoms with Crippen LogP contribution in [0.15, 0.2) is 24.5 Å². The van der Waals surface area contributed by atoms with E-state index >= 15 is 0 Å². The lowest BCUT2D eigenvalue weighted by molar-refractivity contribution is 0.712. The van der Waals surface area contributed by atoms with Crippen molar-refractivity contribution in [3.63, 3.8) is 0 Å². The van der Waals surface area contributed by atoms with Gasteiger partial charge in [-0.05, 0) is 25.0 Å². The average molecular weight is 244 g/mol. The number of anilines is 1. The summed E-state index contributed by atoms with van der Waals surface area (Å²) in [7, 11) is 1.96. The van der Waals surface area contributed by atoms with Crippen molar-refractivity contribution in [3.05, 3.63) is 41.5 Å². The number of aromatic nitrogens is 3. The van der Waals surface area contributed by atoms with E-state index in [9.17, 15) is 0 Å². The predicted octanol–water partition coefficient (Wildman–Crippen LogP) is 2.86. The number of nitrogens with one attached hydrogen (secondary N) is 1. The first-order chi connectivity index (χ1) is 8.56. The van der Waals surface area contributed by atoms with E-state index in [1.165, 1.54) is 5.56 Å². The van der Waals surface area contributed by atoms with E-state index in [0.29, 0.717) is 5.92 Å². The molecule has 0 unspecified atom stereocenters. The van der Waals surface area contributed by atoms with Crippen molar-refractivity contribution in [2.24, 2.45) is 7.05 Å². The Morgan fingerprint density at radius 2 is 2.11 bits per heavy atom. The fourth-order valence-electron chi connectivity index (χ4n) is 1.95. The molecule has 1 N–H and O–H groups in total. The normalized spacial score (nSPS) is 10.9. The maximum Gasteiger partial charge on any atom is 0.0699 e. The van der Waals surface area contributed by atoms with Gasteiger partial charge in [0, 0.05) is 31.0 Å². The number of hydrogen-bond donors (Lipinski definition) is 1. The van der Waals surface area contributed by atoms with Gasteiger partial charge in [0.05, 0.1) is 17.6 Å². The second-order valence-electron chi connectivity index (χ2n) is 4.91. The summed E-state index contributed by atoms with van der Waals surface area (Å²) in [5.41, 5.74) is 4.47. The van der Waals surface area contributed by atoms with Crippen molar-refractivity contribution in [3.8, 4) is 0 Å². The Morgan fingerprint density at radius 3 is 2.72 bits per heavy atom. The first-order valence-electron chi connectivity index (χ1n) is 6.25. The molecule has 0 saturated carbocycles. The molecule has 2 aromatic heterocycles. The molecule has 0 aromatic carbocycles. The molecule has 4 nitrogen and oxygen atoms in total. The van der Waals surface area contributed by atoms with Gasteiger partial charge in [-0.3, -0.25) is 9.67 Å². The van der Waals surface area contributed by atoms with E-state index in [-0.39, 0.29) is 0 Å². The van der Waals surface area contributed by atoms with Crippen LogP contribution in [-0.2, 0) is 13.6 Å². The van der Waals surface area contributed by atoms with E-state index in [4.69, 9.17) is 0 Å². The molecule has 0 radical (unpaired) electrons. The lowest BCUT2D eigenvalue weighted by Gasteiger charge is -2.08. The first-order valence-corrected chi connectivity index (χ1v) is 6.25. The molecule has 2 heterocycles. The summed E-state index contributed by atoms with van der Waals surface area (Å²) >= 11 is 0. The van der Waals surface area contributed by atoms with Crippen LogP contribution in [0.2, 0.25) is 0 Å². The molecule has 0 amide bonds. The van der Waals surface area contributed by atoms with Gasteiger partial charge < -0.3 is 5.32 Å². The summed E-state index contributed by atoms with van der Waals surface area (Å²) in [6, 6.07) is 4.06. The van der Waals surface area contributed by atoms with Gasteiger partial charge in [-0.2, -0.15) is 5.10 Å². The third-order valence-electron chi connectivity index (χ3n) is 2.88. The minimum atomic E-state index is 0.444. The Labute approximate surface area is 108 Å². The standard InChI is InChI=1S/C14H20N4/c1-10(2)14-12(9-18(4)17-14)7-16-13-6-5-11(3)15-8-13/h5-6,8-10,16H,7H2,1-4H3. The third kappa shape index (κ3) is 2.88. The lowest BCUT2D eigenvalue weighted by atomic mass is 10.1. The van der Waals surface area contributed by atoms with Crippen LogP contribution in [0, 0.1) is 6.92 Å². The largest absolute Gasteiger partial charge is 0.380 e. The van der Waals surface area contributed by atoms with Gasteiger partial charge in [0.1, 0.15) is 0 Å². The molecule has 0 aliphatic carbocycles. The Balaban J connectivity index is 2.08. The zero-order valence-electron chi connectivity index (χ0n) is 11.4. The first kappa shape index (κ1) is 12.6. The molecule has 0 aliphatic heterocycles. The number of pyridine rings is 1. The highest BCUT2D eigenvalue weighted by Crippen LogP contribution is 2.18. The number of nitrogens with zero attached hydrogens (tertiary/aromatic N) is 3. The molecule has 2 aromatic rings. The molecule has 0 fully saturated rings.